The van der Waals surface area contributed by atoms with Crippen molar-refractivity contribution >= 4 is 40.9 Å². The Morgan fingerprint density at radius 3 is 2.50 bits per heavy atom. The summed E-state index contributed by atoms with van der Waals surface area (Å²) in [4.78, 5) is 31.7. The number of anilines is 1. The van der Waals surface area contributed by atoms with Crippen molar-refractivity contribution in [2.75, 3.05) is 19.4 Å². The van der Waals surface area contributed by atoms with Gasteiger partial charge in [0.2, 0.25) is 0 Å². The first-order valence-electron chi connectivity index (χ1n) is 8.45. The average Bonchev–Trinajstić information content (AvgIpc) is 2.69. The number of hydrogen-bond acceptors (Lipinski definition) is 4. The van der Waals surface area contributed by atoms with Gasteiger partial charge in [0.25, 0.3) is 11.8 Å². The Bertz CT molecular complexity index is 1010. The Balaban J connectivity index is 1.81. The van der Waals surface area contributed by atoms with Crippen LogP contribution >= 0.6 is 23.4 Å². The lowest BCUT2D eigenvalue weighted by Gasteiger charge is -2.12. The van der Waals surface area contributed by atoms with Crippen LogP contribution in [-0.4, -0.2) is 35.8 Å². The van der Waals surface area contributed by atoms with Gasteiger partial charge >= 0.3 is 0 Å². The average molecular weight is 412 g/mol. The van der Waals surface area contributed by atoms with Gasteiger partial charge in [-0.2, -0.15) is 0 Å². The van der Waals surface area contributed by atoms with Crippen molar-refractivity contribution in [1.29, 1.82) is 0 Å². The van der Waals surface area contributed by atoms with Crippen LogP contribution in [0.1, 0.15) is 20.7 Å². The Morgan fingerprint density at radius 1 is 1.04 bits per heavy atom. The van der Waals surface area contributed by atoms with Crippen LogP contribution in [0.15, 0.2) is 76.8 Å². The van der Waals surface area contributed by atoms with Gasteiger partial charge in [-0.05, 0) is 54.6 Å². The number of carbonyl (C=O) groups excluding carboxylic acids is 2. The molecule has 3 rings (SSSR count). The van der Waals surface area contributed by atoms with Crippen molar-refractivity contribution in [3.8, 4) is 0 Å². The van der Waals surface area contributed by atoms with E-state index in [4.69, 9.17) is 11.6 Å². The first kappa shape index (κ1) is 19.9. The zero-order valence-electron chi connectivity index (χ0n) is 15.3. The van der Waals surface area contributed by atoms with Crippen LogP contribution in [0, 0.1) is 0 Å². The summed E-state index contributed by atoms with van der Waals surface area (Å²) in [6.07, 6.45) is 1.64. The fraction of sp³-hybridized carbons (Fsp3) is 0.0952. The number of nitrogens with one attached hydrogen (secondary N) is 1. The predicted octanol–water partition coefficient (Wildman–Crippen LogP) is 4.84. The third-order valence-corrected chi connectivity index (χ3v) is 5.10. The van der Waals surface area contributed by atoms with Gasteiger partial charge in [0, 0.05) is 41.5 Å². The third-order valence-electron chi connectivity index (χ3n) is 3.82. The topological polar surface area (TPSA) is 62.3 Å². The van der Waals surface area contributed by atoms with E-state index in [1.54, 1.807) is 68.8 Å². The van der Waals surface area contributed by atoms with E-state index in [2.05, 4.69) is 10.3 Å². The van der Waals surface area contributed by atoms with Crippen molar-refractivity contribution < 1.29 is 9.59 Å². The van der Waals surface area contributed by atoms with Gasteiger partial charge in [0.15, 0.2) is 0 Å². The number of nitrogens with zero attached hydrogens (tertiary/aromatic N) is 2. The Hall–Kier alpha value is -2.83. The zero-order valence-corrected chi connectivity index (χ0v) is 16.9. The molecule has 1 heterocycles. The van der Waals surface area contributed by atoms with E-state index in [0.717, 1.165) is 4.90 Å². The van der Waals surface area contributed by atoms with Crippen LogP contribution in [0.3, 0.4) is 0 Å². The van der Waals surface area contributed by atoms with E-state index in [1.165, 1.54) is 16.7 Å². The molecule has 1 aromatic heterocycles. The number of benzene rings is 2. The molecule has 0 radical (unpaired) electrons. The molecule has 0 unspecified atom stereocenters. The maximum atomic E-state index is 12.8. The molecule has 0 bridgehead atoms. The first-order valence-corrected chi connectivity index (χ1v) is 9.65. The maximum Gasteiger partial charge on any atom is 0.258 e. The number of halogens is 1. The summed E-state index contributed by atoms with van der Waals surface area (Å²) in [6.45, 7) is 0. The van der Waals surface area contributed by atoms with E-state index in [1.807, 2.05) is 12.1 Å². The Labute approximate surface area is 172 Å². The molecule has 0 aliphatic carbocycles. The number of hydrogen-bond donors (Lipinski definition) is 1. The molecule has 28 heavy (non-hydrogen) atoms. The summed E-state index contributed by atoms with van der Waals surface area (Å²) >= 11 is 7.31. The summed E-state index contributed by atoms with van der Waals surface area (Å²) in [5, 5.41) is 4.08. The van der Waals surface area contributed by atoms with Crippen molar-refractivity contribution in [2.24, 2.45) is 0 Å². The lowest BCUT2D eigenvalue weighted by Crippen LogP contribution is -2.22. The second-order valence-corrected chi connectivity index (χ2v) is 7.65. The van der Waals surface area contributed by atoms with Crippen LogP contribution in [0.4, 0.5) is 5.69 Å². The normalized spacial score (nSPS) is 10.4. The number of carbonyl (C=O) groups is 2. The molecule has 0 atom stereocenters. The van der Waals surface area contributed by atoms with Crippen molar-refractivity contribution in [3.05, 3.63) is 83.0 Å². The van der Waals surface area contributed by atoms with Crippen molar-refractivity contribution in [2.45, 2.75) is 9.92 Å². The number of aromatic nitrogens is 1. The number of pyridine rings is 1. The molecule has 142 valence electrons. The van der Waals surface area contributed by atoms with E-state index >= 15 is 0 Å². The quantitative estimate of drug-likeness (QED) is 0.652. The number of amides is 2. The SMILES string of the molecule is CN(C)C(=O)c1cccc(NC(=O)c2cccnc2Sc2ccc(Cl)cc2)c1. The Morgan fingerprint density at radius 2 is 1.79 bits per heavy atom. The molecule has 5 nitrogen and oxygen atoms in total. The molecule has 0 aliphatic rings. The third kappa shape index (κ3) is 4.91. The van der Waals surface area contributed by atoms with Crippen molar-refractivity contribution in [3.63, 3.8) is 0 Å². The molecule has 0 saturated heterocycles. The largest absolute Gasteiger partial charge is 0.345 e. The molecule has 2 amide bonds. The molecule has 0 spiro atoms. The molecule has 0 fully saturated rings. The van der Waals surface area contributed by atoms with E-state index in [9.17, 15) is 9.59 Å². The molecule has 0 aliphatic heterocycles. The lowest BCUT2D eigenvalue weighted by atomic mass is 10.1. The van der Waals surface area contributed by atoms with E-state index < -0.39 is 0 Å². The summed E-state index contributed by atoms with van der Waals surface area (Å²) in [5.74, 6) is -0.421. The fourth-order valence-electron chi connectivity index (χ4n) is 2.45. The van der Waals surface area contributed by atoms with Crippen LogP contribution < -0.4 is 5.32 Å². The van der Waals surface area contributed by atoms with E-state index in [0.29, 0.717) is 26.9 Å². The van der Waals surface area contributed by atoms with E-state index in [-0.39, 0.29) is 11.8 Å². The monoisotopic (exact) mass is 411 g/mol. The van der Waals surface area contributed by atoms with Gasteiger partial charge in [-0.3, -0.25) is 9.59 Å². The van der Waals surface area contributed by atoms with Gasteiger partial charge in [-0.15, -0.1) is 0 Å². The second-order valence-electron chi connectivity index (χ2n) is 6.15. The molecular weight excluding hydrogens is 394 g/mol. The minimum Gasteiger partial charge on any atom is -0.345 e. The fourth-order valence-corrected chi connectivity index (χ4v) is 3.45. The van der Waals surface area contributed by atoms with Crippen LogP contribution in [0.25, 0.3) is 0 Å². The molecular formula is C21H18ClN3O2S. The van der Waals surface area contributed by atoms with Crippen molar-refractivity contribution in [1.82, 2.24) is 9.88 Å². The molecule has 1 N–H and O–H groups in total. The van der Waals surface area contributed by atoms with Crippen LogP contribution in [0.2, 0.25) is 5.02 Å². The maximum absolute atomic E-state index is 12.8. The molecule has 7 heteroatoms. The highest BCUT2D eigenvalue weighted by Gasteiger charge is 2.15. The highest BCUT2D eigenvalue weighted by atomic mass is 35.5. The zero-order chi connectivity index (χ0) is 20.1. The van der Waals surface area contributed by atoms with Gasteiger partial charge in [0.1, 0.15) is 5.03 Å². The van der Waals surface area contributed by atoms with Crippen LogP contribution in [-0.2, 0) is 0 Å². The minimum absolute atomic E-state index is 0.128. The summed E-state index contributed by atoms with van der Waals surface area (Å²) in [5.41, 5.74) is 1.50. The van der Waals surface area contributed by atoms with Gasteiger partial charge in [-0.1, -0.05) is 29.4 Å². The van der Waals surface area contributed by atoms with Gasteiger partial charge < -0.3 is 10.2 Å². The summed E-state index contributed by atoms with van der Waals surface area (Å²) < 4.78 is 0. The first-order chi connectivity index (χ1) is 13.4. The lowest BCUT2D eigenvalue weighted by molar-refractivity contribution is 0.0827. The molecule has 2 aromatic carbocycles. The highest BCUT2D eigenvalue weighted by molar-refractivity contribution is 7.99. The molecule has 3 aromatic rings. The molecule has 0 saturated carbocycles. The summed E-state index contributed by atoms with van der Waals surface area (Å²) in [7, 11) is 3.37. The standard InChI is InChI=1S/C21H18ClN3O2S/c1-25(2)21(27)14-5-3-6-16(13-14)24-19(26)18-7-4-12-23-20(18)28-17-10-8-15(22)9-11-17/h3-13H,1-2H3,(H,24,26). The summed E-state index contributed by atoms with van der Waals surface area (Å²) in [6, 6.07) is 17.6. The predicted molar refractivity (Wildman–Crippen MR) is 112 cm³/mol. The van der Waals surface area contributed by atoms with Gasteiger partial charge in [0.05, 0.1) is 5.56 Å². The second kappa shape index (κ2) is 8.91. The van der Waals surface area contributed by atoms with Crippen LogP contribution in [0.5, 0.6) is 0 Å². The number of rotatable bonds is 5. The van der Waals surface area contributed by atoms with Gasteiger partial charge in [-0.25, -0.2) is 4.98 Å². The minimum atomic E-state index is -0.293. The highest BCUT2D eigenvalue weighted by Crippen LogP contribution is 2.30. The smallest absolute Gasteiger partial charge is 0.258 e. The Kier molecular flexibility index (Phi) is 6.34.